The number of nitrogens with zero attached hydrogens (tertiary/aromatic N) is 1. The average Bonchev–Trinajstić information content (AvgIpc) is 3.03. The second kappa shape index (κ2) is 13.0. The number of hydrogen-bond donors (Lipinski definition) is 2. The summed E-state index contributed by atoms with van der Waals surface area (Å²) in [5.41, 5.74) is 0. The lowest BCUT2D eigenvalue weighted by atomic mass is 10.1. The SMILES string of the molecule is CCCCCC/C=C/CCCCCC1NC=C[N+]1(CC)C(C)NC(C)=O. The van der Waals surface area contributed by atoms with Gasteiger partial charge in [-0.3, -0.25) is 9.28 Å². The highest BCUT2D eigenvalue weighted by molar-refractivity contribution is 5.72. The maximum atomic E-state index is 11.5. The number of carbonyl (C=O) groups is 1. The van der Waals surface area contributed by atoms with Crippen LogP contribution in [0.15, 0.2) is 24.6 Å². The highest BCUT2D eigenvalue weighted by Gasteiger charge is 2.41. The van der Waals surface area contributed by atoms with Crippen LogP contribution in [0.2, 0.25) is 0 Å². The molecule has 1 rings (SSSR count). The van der Waals surface area contributed by atoms with E-state index in [1.807, 2.05) is 0 Å². The van der Waals surface area contributed by atoms with Gasteiger partial charge in [0.2, 0.25) is 5.91 Å². The van der Waals surface area contributed by atoms with Crippen LogP contribution in [-0.4, -0.2) is 29.3 Å². The summed E-state index contributed by atoms with van der Waals surface area (Å²) in [6.07, 6.45) is 22.3. The highest BCUT2D eigenvalue weighted by Crippen LogP contribution is 2.26. The van der Waals surface area contributed by atoms with Gasteiger partial charge >= 0.3 is 0 Å². The Hall–Kier alpha value is -1.29. The zero-order valence-corrected chi connectivity index (χ0v) is 17.6. The molecule has 0 bridgehead atoms. The van der Waals surface area contributed by atoms with E-state index in [1.165, 1.54) is 57.8 Å². The van der Waals surface area contributed by atoms with Crippen molar-refractivity contribution in [2.45, 2.75) is 104 Å². The normalized spacial score (nSPS) is 23.3. The van der Waals surface area contributed by atoms with Crippen LogP contribution in [0.3, 0.4) is 0 Å². The van der Waals surface area contributed by atoms with Crippen molar-refractivity contribution in [3.63, 3.8) is 0 Å². The maximum absolute atomic E-state index is 11.5. The van der Waals surface area contributed by atoms with Gasteiger partial charge in [0.15, 0.2) is 12.3 Å². The van der Waals surface area contributed by atoms with Crippen LogP contribution >= 0.6 is 0 Å². The van der Waals surface area contributed by atoms with Gasteiger partial charge in [-0.25, -0.2) is 0 Å². The molecule has 1 heterocycles. The molecule has 0 saturated heterocycles. The molecule has 0 radical (unpaired) electrons. The zero-order valence-electron chi connectivity index (χ0n) is 17.6. The first kappa shape index (κ1) is 22.8. The van der Waals surface area contributed by atoms with Crippen molar-refractivity contribution in [2.24, 2.45) is 0 Å². The third-order valence-electron chi connectivity index (χ3n) is 5.64. The Balaban J connectivity index is 2.23. The van der Waals surface area contributed by atoms with Gasteiger partial charge in [0, 0.05) is 20.3 Å². The molecule has 26 heavy (non-hydrogen) atoms. The summed E-state index contributed by atoms with van der Waals surface area (Å²) in [7, 11) is 0. The number of rotatable bonds is 14. The van der Waals surface area contributed by atoms with Crippen LogP contribution in [0.1, 0.15) is 91.9 Å². The third kappa shape index (κ3) is 7.53. The Kier molecular flexibility index (Phi) is 11.3. The molecule has 4 nitrogen and oxygen atoms in total. The van der Waals surface area contributed by atoms with Gasteiger partial charge in [0.05, 0.1) is 12.7 Å². The minimum absolute atomic E-state index is 0.0454. The van der Waals surface area contributed by atoms with Crippen LogP contribution in [0.5, 0.6) is 0 Å². The molecule has 1 aliphatic rings. The standard InChI is InChI=1S/C22H41N3O/c1-5-7-8-9-10-11-12-13-14-15-16-17-22-23-18-19-25(22,6-2)20(3)24-21(4)26/h11-12,18-20,22-23H,5-10,13-17H2,1-4H3/p+1/b12-11+. The van der Waals surface area contributed by atoms with Gasteiger partial charge in [-0.05, 0) is 39.0 Å². The van der Waals surface area contributed by atoms with E-state index >= 15 is 0 Å². The van der Waals surface area contributed by atoms with Crippen LogP contribution in [0.4, 0.5) is 0 Å². The first-order valence-corrected chi connectivity index (χ1v) is 10.8. The van der Waals surface area contributed by atoms with E-state index in [0.29, 0.717) is 6.17 Å². The van der Waals surface area contributed by atoms with E-state index in [9.17, 15) is 4.79 Å². The number of allylic oxidation sites excluding steroid dienone is 2. The lowest BCUT2D eigenvalue weighted by Crippen LogP contribution is -2.62. The number of nitrogens with one attached hydrogen (secondary N) is 2. The van der Waals surface area contributed by atoms with Crippen molar-refractivity contribution in [1.82, 2.24) is 10.6 Å². The smallest absolute Gasteiger partial charge is 0.221 e. The second-order valence-corrected chi connectivity index (χ2v) is 7.64. The number of hydrogen-bond acceptors (Lipinski definition) is 2. The Morgan fingerprint density at radius 2 is 1.77 bits per heavy atom. The lowest BCUT2D eigenvalue weighted by molar-refractivity contribution is -0.923. The number of quaternary nitrogens is 1. The maximum Gasteiger partial charge on any atom is 0.221 e. The van der Waals surface area contributed by atoms with Crippen molar-refractivity contribution >= 4 is 5.91 Å². The van der Waals surface area contributed by atoms with E-state index in [-0.39, 0.29) is 12.1 Å². The summed E-state index contributed by atoms with van der Waals surface area (Å²) in [6, 6.07) is 0. The molecule has 0 fully saturated rings. The van der Waals surface area contributed by atoms with Gasteiger partial charge in [0.25, 0.3) is 0 Å². The fourth-order valence-electron chi connectivity index (χ4n) is 3.97. The Bertz CT molecular complexity index is 447. The molecule has 1 aliphatic heterocycles. The fourth-order valence-corrected chi connectivity index (χ4v) is 3.97. The van der Waals surface area contributed by atoms with Gasteiger partial charge in [0.1, 0.15) is 6.20 Å². The molecule has 0 aromatic carbocycles. The van der Waals surface area contributed by atoms with Gasteiger partial charge in [-0.2, -0.15) is 0 Å². The van der Waals surface area contributed by atoms with Gasteiger partial charge in [-0.15, -0.1) is 0 Å². The summed E-state index contributed by atoms with van der Waals surface area (Å²) in [6.45, 7) is 9.16. The van der Waals surface area contributed by atoms with Crippen molar-refractivity contribution < 1.29 is 9.28 Å². The van der Waals surface area contributed by atoms with Gasteiger partial charge < -0.3 is 10.6 Å². The van der Waals surface area contributed by atoms with E-state index in [0.717, 1.165) is 17.4 Å². The summed E-state index contributed by atoms with van der Waals surface area (Å²) in [5.74, 6) is 0.0454. The van der Waals surface area contributed by atoms with E-state index in [2.05, 4.69) is 56.0 Å². The van der Waals surface area contributed by atoms with Crippen molar-refractivity contribution in [2.75, 3.05) is 6.54 Å². The van der Waals surface area contributed by atoms with Crippen molar-refractivity contribution in [1.29, 1.82) is 0 Å². The minimum Gasteiger partial charge on any atom is -0.338 e. The molecule has 0 aromatic rings. The van der Waals surface area contributed by atoms with Gasteiger partial charge in [-0.1, -0.05) is 44.8 Å². The molecule has 0 saturated carbocycles. The molecule has 3 atom stereocenters. The summed E-state index contributed by atoms with van der Waals surface area (Å²) >= 11 is 0. The summed E-state index contributed by atoms with van der Waals surface area (Å²) in [5, 5.41) is 6.60. The minimum atomic E-state index is 0.0454. The van der Waals surface area contributed by atoms with Crippen molar-refractivity contribution in [3.8, 4) is 0 Å². The fraction of sp³-hybridized carbons (Fsp3) is 0.773. The average molecular weight is 365 g/mol. The summed E-state index contributed by atoms with van der Waals surface area (Å²) in [4.78, 5) is 11.5. The monoisotopic (exact) mass is 364 g/mol. The predicted octanol–water partition coefficient (Wildman–Crippen LogP) is 5.18. The van der Waals surface area contributed by atoms with E-state index in [4.69, 9.17) is 0 Å². The first-order valence-electron chi connectivity index (χ1n) is 10.8. The quantitative estimate of drug-likeness (QED) is 0.253. The van der Waals surface area contributed by atoms with E-state index < -0.39 is 0 Å². The van der Waals surface area contributed by atoms with Crippen LogP contribution in [0.25, 0.3) is 0 Å². The van der Waals surface area contributed by atoms with Crippen molar-refractivity contribution in [3.05, 3.63) is 24.6 Å². The second-order valence-electron chi connectivity index (χ2n) is 7.64. The van der Waals surface area contributed by atoms with Crippen LogP contribution in [0, 0.1) is 0 Å². The summed E-state index contributed by atoms with van der Waals surface area (Å²) < 4.78 is 0.803. The number of carbonyl (C=O) groups excluding carboxylic acids is 1. The molecule has 150 valence electrons. The zero-order chi connectivity index (χ0) is 19.3. The Morgan fingerprint density at radius 1 is 1.12 bits per heavy atom. The number of unbranched alkanes of at least 4 members (excludes halogenated alkanes) is 7. The van der Waals surface area contributed by atoms with E-state index in [1.54, 1.807) is 6.92 Å². The molecular formula is C22H42N3O+. The highest BCUT2D eigenvalue weighted by atomic mass is 16.1. The van der Waals surface area contributed by atoms with Crippen LogP contribution in [-0.2, 0) is 4.79 Å². The molecule has 2 N–H and O–H groups in total. The molecule has 1 amide bonds. The predicted molar refractivity (Wildman–Crippen MR) is 111 cm³/mol. The first-order chi connectivity index (χ1) is 12.6. The molecule has 0 aromatic heterocycles. The Labute approximate surface area is 161 Å². The third-order valence-corrected chi connectivity index (χ3v) is 5.64. The largest absolute Gasteiger partial charge is 0.338 e. The van der Waals surface area contributed by atoms with Crippen LogP contribution < -0.4 is 10.6 Å². The lowest BCUT2D eigenvalue weighted by Gasteiger charge is -2.41. The topological polar surface area (TPSA) is 41.1 Å². The molecule has 4 heteroatoms. The molecular weight excluding hydrogens is 322 g/mol. The molecule has 0 spiro atoms. The Morgan fingerprint density at radius 3 is 2.35 bits per heavy atom. The molecule has 3 unspecified atom stereocenters. The molecule has 0 aliphatic carbocycles. The number of amides is 1.